The Morgan fingerprint density at radius 2 is 2.16 bits per heavy atom. The minimum atomic E-state index is 0.257. The molecule has 0 spiro atoms. The van der Waals surface area contributed by atoms with Gasteiger partial charge in [0.1, 0.15) is 5.75 Å². The molecule has 1 aliphatic heterocycles. The highest BCUT2D eigenvalue weighted by atomic mass is 16.7. The second kappa shape index (κ2) is 5.16. The molecule has 5 nitrogen and oxygen atoms in total. The van der Waals surface area contributed by atoms with Gasteiger partial charge in [-0.2, -0.15) is 0 Å². The van der Waals surface area contributed by atoms with Crippen LogP contribution in [0.2, 0.25) is 0 Å². The summed E-state index contributed by atoms with van der Waals surface area (Å²) in [4.78, 5) is 4.25. The van der Waals surface area contributed by atoms with E-state index in [0.29, 0.717) is 23.9 Å². The number of ether oxygens (including phenoxy) is 3. The third-order valence-electron chi connectivity index (χ3n) is 2.78. The van der Waals surface area contributed by atoms with Crippen LogP contribution in [0.5, 0.6) is 23.1 Å². The molecule has 0 atom stereocenters. The fourth-order valence-corrected chi connectivity index (χ4v) is 1.89. The maximum absolute atomic E-state index is 5.80. The first kappa shape index (κ1) is 11.8. The van der Waals surface area contributed by atoms with Gasteiger partial charge in [0.05, 0.1) is 0 Å². The summed E-state index contributed by atoms with van der Waals surface area (Å²) in [5.74, 6) is 2.71. The Labute approximate surface area is 111 Å². The maximum atomic E-state index is 5.80. The molecule has 2 heterocycles. The molecule has 0 amide bonds. The minimum absolute atomic E-state index is 0.257. The first-order chi connectivity index (χ1) is 9.36. The number of hydrogen-bond acceptors (Lipinski definition) is 5. The van der Waals surface area contributed by atoms with Crippen LogP contribution in [0.4, 0.5) is 0 Å². The summed E-state index contributed by atoms with van der Waals surface area (Å²) in [5, 5.41) is 3.09. The maximum Gasteiger partial charge on any atom is 0.231 e. The van der Waals surface area contributed by atoms with Crippen LogP contribution in [0.25, 0.3) is 0 Å². The normalized spacial score (nSPS) is 12.5. The summed E-state index contributed by atoms with van der Waals surface area (Å²) in [6.07, 6.45) is 1.71. The molecule has 3 rings (SSSR count). The number of benzene rings is 1. The number of nitrogens with one attached hydrogen (secondary N) is 1. The van der Waals surface area contributed by atoms with Crippen molar-refractivity contribution in [1.82, 2.24) is 10.3 Å². The van der Waals surface area contributed by atoms with Crippen LogP contribution in [0, 0.1) is 0 Å². The number of hydrogen-bond donors (Lipinski definition) is 1. The van der Waals surface area contributed by atoms with E-state index in [1.165, 1.54) is 0 Å². The summed E-state index contributed by atoms with van der Waals surface area (Å²) >= 11 is 0. The summed E-state index contributed by atoms with van der Waals surface area (Å²) < 4.78 is 16.4. The van der Waals surface area contributed by atoms with Gasteiger partial charge in [0.15, 0.2) is 11.5 Å². The Kier molecular flexibility index (Phi) is 3.20. The Morgan fingerprint density at radius 3 is 3.05 bits per heavy atom. The molecule has 1 aliphatic rings. The highest BCUT2D eigenvalue weighted by molar-refractivity contribution is 5.48. The van der Waals surface area contributed by atoms with Crippen molar-refractivity contribution in [3.05, 3.63) is 42.1 Å². The monoisotopic (exact) mass is 258 g/mol. The quantitative estimate of drug-likeness (QED) is 0.912. The van der Waals surface area contributed by atoms with Crippen molar-refractivity contribution in [2.24, 2.45) is 0 Å². The largest absolute Gasteiger partial charge is 0.454 e. The minimum Gasteiger partial charge on any atom is -0.454 e. The Hall–Kier alpha value is -2.27. The topological polar surface area (TPSA) is 52.6 Å². The number of nitrogens with zero attached hydrogens (tertiary/aromatic N) is 1. The van der Waals surface area contributed by atoms with Crippen molar-refractivity contribution in [2.45, 2.75) is 6.54 Å². The summed E-state index contributed by atoms with van der Waals surface area (Å²) in [7, 11) is 1.89. The van der Waals surface area contributed by atoms with E-state index < -0.39 is 0 Å². The van der Waals surface area contributed by atoms with Crippen LogP contribution < -0.4 is 19.5 Å². The zero-order valence-corrected chi connectivity index (χ0v) is 10.6. The van der Waals surface area contributed by atoms with Gasteiger partial charge in [-0.1, -0.05) is 6.07 Å². The van der Waals surface area contributed by atoms with Gasteiger partial charge in [0.25, 0.3) is 0 Å². The third-order valence-corrected chi connectivity index (χ3v) is 2.78. The van der Waals surface area contributed by atoms with Gasteiger partial charge in [-0.05, 0) is 25.2 Å². The Bertz CT molecular complexity index is 587. The van der Waals surface area contributed by atoms with Gasteiger partial charge in [-0.25, -0.2) is 4.98 Å². The van der Waals surface area contributed by atoms with Gasteiger partial charge in [0.2, 0.25) is 12.7 Å². The molecule has 0 aliphatic carbocycles. The molecule has 2 aromatic rings. The van der Waals surface area contributed by atoms with Crippen LogP contribution >= 0.6 is 0 Å². The molecule has 0 fully saturated rings. The SMILES string of the molecule is CNCc1cccnc1Oc1ccc2c(c1)OCO2. The van der Waals surface area contributed by atoms with Crippen molar-refractivity contribution in [2.75, 3.05) is 13.8 Å². The van der Waals surface area contributed by atoms with E-state index >= 15 is 0 Å². The second-order valence-electron chi connectivity index (χ2n) is 4.12. The zero-order chi connectivity index (χ0) is 13.1. The summed E-state index contributed by atoms with van der Waals surface area (Å²) in [6, 6.07) is 9.34. The average molecular weight is 258 g/mol. The lowest BCUT2D eigenvalue weighted by molar-refractivity contribution is 0.174. The molecule has 98 valence electrons. The molecule has 0 saturated carbocycles. The molecular weight excluding hydrogens is 244 g/mol. The molecular formula is C14H14N2O3. The van der Waals surface area contributed by atoms with E-state index in [2.05, 4.69) is 10.3 Å². The van der Waals surface area contributed by atoms with Gasteiger partial charge in [-0.3, -0.25) is 0 Å². The predicted molar refractivity (Wildman–Crippen MR) is 69.6 cm³/mol. The summed E-state index contributed by atoms with van der Waals surface area (Å²) in [5.41, 5.74) is 1.00. The van der Waals surface area contributed by atoms with Gasteiger partial charge < -0.3 is 19.5 Å². The van der Waals surface area contributed by atoms with Crippen LogP contribution in [0.15, 0.2) is 36.5 Å². The average Bonchev–Trinajstić information content (AvgIpc) is 2.89. The molecule has 19 heavy (non-hydrogen) atoms. The highest BCUT2D eigenvalue weighted by Crippen LogP contribution is 2.36. The molecule has 1 aromatic heterocycles. The standard InChI is InChI=1S/C14H14N2O3/c1-15-8-10-3-2-6-16-14(10)19-11-4-5-12-13(7-11)18-9-17-12/h2-7,15H,8-9H2,1H3. The second-order valence-corrected chi connectivity index (χ2v) is 4.12. The van der Waals surface area contributed by atoms with Crippen molar-refractivity contribution < 1.29 is 14.2 Å². The third kappa shape index (κ3) is 2.46. The first-order valence-electron chi connectivity index (χ1n) is 6.03. The highest BCUT2D eigenvalue weighted by Gasteiger charge is 2.14. The van der Waals surface area contributed by atoms with E-state index in [4.69, 9.17) is 14.2 Å². The van der Waals surface area contributed by atoms with E-state index in [0.717, 1.165) is 11.3 Å². The van der Waals surface area contributed by atoms with Gasteiger partial charge in [-0.15, -0.1) is 0 Å². The van der Waals surface area contributed by atoms with E-state index in [1.54, 1.807) is 12.3 Å². The van der Waals surface area contributed by atoms with E-state index in [9.17, 15) is 0 Å². The lowest BCUT2D eigenvalue weighted by Crippen LogP contribution is -2.07. The Morgan fingerprint density at radius 1 is 1.26 bits per heavy atom. The number of aromatic nitrogens is 1. The predicted octanol–water partition coefficient (Wildman–Crippen LogP) is 2.32. The molecule has 0 unspecified atom stereocenters. The molecule has 1 N–H and O–H groups in total. The van der Waals surface area contributed by atoms with E-state index in [-0.39, 0.29) is 6.79 Å². The lowest BCUT2D eigenvalue weighted by atomic mass is 10.2. The van der Waals surface area contributed by atoms with Crippen molar-refractivity contribution >= 4 is 0 Å². The Balaban J connectivity index is 1.85. The first-order valence-corrected chi connectivity index (χ1v) is 6.03. The molecule has 0 bridgehead atoms. The van der Waals surface area contributed by atoms with Crippen molar-refractivity contribution in [3.8, 4) is 23.1 Å². The zero-order valence-electron chi connectivity index (χ0n) is 10.6. The molecule has 1 aromatic carbocycles. The van der Waals surface area contributed by atoms with Crippen LogP contribution in [-0.4, -0.2) is 18.8 Å². The molecule has 0 saturated heterocycles. The fourth-order valence-electron chi connectivity index (χ4n) is 1.89. The fraction of sp³-hybridized carbons (Fsp3) is 0.214. The van der Waals surface area contributed by atoms with Gasteiger partial charge in [0, 0.05) is 24.4 Å². The number of fused-ring (bicyclic) bond motifs is 1. The van der Waals surface area contributed by atoms with Gasteiger partial charge >= 0.3 is 0 Å². The van der Waals surface area contributed by atoms with Crippen LogP contribution in [0.3, 0.4) is 0 Å². The number of pyridine rings is 1. The van der Waals surface area contributed by atoms with Crippen molar-refractivity contribution in [3.63, 3.8) is 0 Å². The van der Waals surface area contributed by atoms with Crippen LogP contribution in [-0.2, 0) is 6.54 Å². The smallest absolute Gasteiger partial charge is 0.231 e. The number of rotatable bonds is 4. The molecule has 0 radical (unpaired) electrons. The summed E-state index contributed by atoms with van der Waals surface area (Å²) in [6.45, 7) is 0.959. The molecule has 5 heteroatoms. The van der Waals surface area contributed by atoms with Crippen molar-refractivity contribution in [1.29, 1.82) is 0 Å². The van der Waals surface area contributed by atoms with Crippen LogP contribution in [0.1, 0.15) is 5.56 Å². The lowest BCUT2D eigenvalue weighted by Gasteiger charge is -2.09. The van der Waals surface area contributed by atoms with E-state index in [1.807, 2.05) is 31.3 Å².